The smallest absolute Gasteiger partial charge is 0.271 e. The molecule has 0 spiro atoms. The Kier molecular flexibility index (Phi) is 6.78. The van der Waals surface area contributed by atoms with Gasteiger partial charge in [0, 0.05) is 18.6 Å². The largest absolute Gasteiger partial charge is 0.495 e. The number of nitro groups is 1. The maximum atomic E-state index is 12.1. The van der Waals surface area contributed by atoms with Gasteiger partial charge in [0.25, 0.3) is 5.69 Å². The van der Waals surface area contributed by atoms with E-state index in [0.29, 0.717) is 30.3 Å². The van der Waals surface area contributed by atoms with Crippen LogP contribution in [-0.4, -0.2) is 31.7 Å². The molecule has 26 heavy (non-hydrogen) atoms. The molecule has 0 aromatic heterocycles. The van der Waals surface area contributed by atoms with Gasteiger partial charge in [0.05, 0.1) is 31.4 Å². The standard InChI is InChI=1S/C18H20N2O6/c1-24-15-10-9-13(20(22)23)12-14(15)19-18(21)8-5-11-26-17-7-4-3-6-16(17)25-2/h3-4,6-7,9-10,12H,5,8,11H2,1-2H3,(H,19,21). The third kappa shape index (κ3) is 5.10. The SMILES string of the molecule is COc1ccc([N+](=O)[O-])cc1NC(=O)CCCOc1ccccc1OC. The average molecular weight is 360 g/mol. The minimum atomic E-state index is -0.532. The number of nitrogens with one attached hydrogen (secondary N) is 1. The predicted molar refractivity (Wildman–Crippen MR) is 96.0 cm³/mol. The number of rotatable bonds is 9. The normalized spacial score (nSPS) is 10.1. The topological polar surface area (TPSA) is 99.9 Å². The van der Waals surface area contributed by atoms with Crippen LogP contribution >= 0.6 is 0 Å². The van der Waals surface area contributed by atoms with Crippen LogP contribution in [-0.2, 0) is 4.79 Å². The Balaban J connectivity index is 1.87. The molecule has 0 saturated carbocycles. The maximum absolute atomic E-state index is 12.1. The highest BCUT2D eigenvalue weighted by Crippen LogP contribution is 2.29. The van der Waals surface area contributed by atoms with Crippen molar-refractivity contribution < 1.29 is 23.9 Å². The lowest BCUT2D eigenvalue weighted by atomic mass is 10.2. The fourth-order valence-corrected chi connectivity index (χ4v) is 2.27. The number of para-hydroxylation sites is 2. The Bertz CT molecular complexity index is 778. The Morgan fingerprint density at radius 2 is 1.77 bits per heavy atom. The summed E-state index contributed by atoms with van der Waals surface area (Å²) in [6.45, 7) is 0.333. The molecule has 0 fully saturated rings. The third-order valence-electron chi connectivity index (χ3n) is 3.54. The molecule has 0 bridgehead atoms. The summed E-state index contributed by atoms with van der Waals surface area (Å²) in [7, 11) is 2.99. The number of benzene rings is 2. The number of nitro benzene ring substituents is 1. The molecule has 2 rings (SSSR count). The number of amides is 1. The first kappa shape index (κ1) is 19.0. The van der Waals surface area contributed by atoms with Crippen molar-refractivity contribution in [3.05, 3.63) is 52.6 Å². The summed E-state index contributed by atoms with van der Waals surface area (Å²) in [6, 6.07) is 11.3. The van der Waals surface area contributed by atoms with Gasteiger partial charge in [-0.05, 0) is 24.6 Å². The summed E-state index contributed by atoms with van der Waals surface area (Å²) in [5.41, 5.74) is 0.137. The van der Waals surface area contributed by atoms with Crippen LogP contribution in [0.1, 0.15) is 12.8 Å². The van der Waals surface area contributed by atoms with Crippen LogP contribution in [0.25, 0.3) is 0 Å². The number of anilines is 1. The molecule has 8 heteroatoms. The minimum absolute atomic E-state index is 0.124. The Morgan fingerprint density at radius 3 is 2.42 bits per heavy atom. The molecule has 138 valence electrons. The van der Waals surface area contributed by atoms with E-state index >= 15 is 0 Å². The van der Waals surface area contributed by atoms with Crippen LogP contribution in [0.2, 0.25) is 0 Å². The highest BCUT2D eigenvalue weighted by atomic mass is 16.6. The Hall–Kier alpha value is -3.29. The van der Waals surface area contributed by atoms with Crippen molar-refractivity contribution in [1.29, 1.82) is 0 Å². The Labute approximate surface area is 150 Å². The number of methoxy groups -OCH3 is 2. The Morgan fingerprint density at radius 1 is 1.08 bits per heavy atom. The summed E-state index contributed by atoms with van der Waals surface area (Å²) in [5, 5.41) is 13.5. The van der Waals surface area contributed by atoms with Crippen molar-refractivity contribution >= 4 is 17.3 Å². The van der Waals surface area contributed by atoms with Crippen LogP contribution in [0, 0.1) is 10.1 Å². The van der Waals surface area contributed by atoms with E-state index in [1.165, 1.54) is 25.3 Å². The van der Waals surface area contributed by atoms with Gasteiger partial charge < -0.3 is 19.5 Å². The summed E-state index contributed by atoms with van der Waals surface area (Å²) in [4.78, 5) is 22.4. The van der Waals surface area contributed by atoms with E-state index < -0.39 is 4.92 Å². The summed E-state index contributed by atoms with van der Waals surface area (Å²) >= 11 is 0. The average Bonchev–Trinajstić information content (AvgIpc) is 2.65. The zero-order chi connectivity index (χ0) is 18.9. The molecule has 0 heterocycles. The number of carbonyl (C=O) groups excluding carboxylic acids is 1. The number of hydrogen-bond donors (Lipinski definition) is 1. The molecule has 0 saturated heterocycles. The molecule has 0 radical (unpaired) electrons. The van der Waals surface area contributed by atoms with Gasteiger partial charge in [0.1, 0.15) is 5.75 Å². The first-order valence-electron chi connectivity index (χ1n) is 7.93. The van der Waals surface area contributed by atoms with E-state index in [4.69, 9.17) is 14.2 Å². The van der Waals surface area contributed by atoms with Crippen LogP contribution in [0.15, 0.2) is 42.5 Å². The third-order valence-corrected chi connectivity index (χ3v) is 3.54. The van der Waals surface area contributed by atoms with Crippen LogP contribution < -0.4 is 19.5 Å². The molecule has 0 unspecified atom stereocenters. The highest BCUT2D eigenvalue weighted by Gasteiger charge is 2.13. The van der Waals surface area contributed by atoms with Crippen molar-refractivity contribution in [2.45, 2.75) is 12.8 Å². The fourth-order valence-electron chi connectivity index (χ4n) is 2.27. The van der Waals surface area contributed by atoms with Crippen molar-refractivity contribution in [2.75, 3.05) is 26.1 Å². The minimum Gasteiger partial charge on any atom is -0.495 e. The van der Waals surface area contributed by atoms with E-state index in [9.17, 15) is 14.9 Å². The van der Waals surface area contributed by atoms with Crippen LogP contribution in [0.3, 0.4) is 0 Å². The molecule has 0 atom stereocenters. The van der Waals surface area contributed by atoms with Crippen molar-refractivity contribution in [2.24, 2.45) is 0 Å². The first-order valence-corrected chi connectivity index (χ1v) is 7.93. The molecule has 0 aliphatic heterocycles. The zero-order valence-corrected chi connectivity index (χ0v) is 14.6. The van der Waals surface area contributed by atoms with Gasteiger partial charge in [-0.3, -0.25) is 14.9 Å². The van der Waals surface area contributed by atoms with Crippen molar-refractivity contribution in [1.82, 2.24) is 0 Å². The second-order valence-electron chi connectivity index (χ2n) is 5.29. The molecule has 2 aromatic carbocycles. The number of non-ortho nitro benzene ring substituents is 1. The molecule has 8 nitrogen and oxygen atoms in total. The number of carbonyl (C=O) groups is 1. The van der Waals surface area contributed by atoms with E-state index in [2.05, 4.69) is 5.32 Å². The van der Waals surface area contributed by atoms with E-state index in [-0.39, 0.29) is 23.7 Å². The summed E-state index contributed by atoms with van der Waals surface area (Å²) < 4.78 is 15.9. The number of hydrogen-bond acceptors (Lipinski definition) is 6. The monoisotopic (exact) mass is 360 g/mol. The van der Waals surface area contributed by atoms with Gasteiger partial charge in [0.2, 0.25) is 5.91 Å². The van der Waals surface area contributed by atoms with E-state index in [1.54, 1.807) is 19.2 Å². The van der Waals surface area contributed by atoms with Gasteiger partial charge in [0.15, 0.2) is 11.5 Å². The first-order chi connectivity index (χ1) is 12.5. The molecule has 2 aromatic rings. The second kappa shape index (κ2) is 9.26. The molecule has 0 aliphatic carbocycles. The van der Waals surface area contributed by atoms with Gasteiger partial charge in [-0.1, -0.05) is 12.1 Å². The van der Waals surface area contributed by atoms with E-state index in [0.717, 1.165) is 0 Å². The van der Waals surface area contributed by atoms with E-state index in [1.807, 2.05) is 12.1 Å². The summed E-state index contributed by atoms with van der Waals surface area (Å²) in [6.07, 6.45) is 0.669. The predicted octanol–water partition coefficient (Wildman–Crippen LogP) is 3.41. The lowest BCUT2D eigenvalue weighted by Crippen LogP contribution is -2.13. The number of nitrogens with zero attached hydrogens (tertiary/aromatic N) is 1. The number of ether oxygens (including phenoxy) is 3. The van der Waals surface area contributed by atoms with Gasteiger partial charge >= 0.3 is 0 Å². The van der Waals surface area contributed by atoms with Crippen molar-refractivity contribution in [3.63, 3.8) is 0 Å². The molecular weight excluding hydrogens is 340 g/mol. The summed E-state index contributed by atoms with van der Waals surface area (Å²) in [5.74, 6) is 1.30. The molecule has 1 amide bonds. The van der Waals surface area contributed by atoms with Gasteiger partial charge in [-0.2, -0.15) is 0 Å². The highest BCUT2D eigenvalue weighted by molar-refractivity contribution is 5.92. The quantitative estimate of drug-likeness (QED) is 0.418. The lowest BCUT2D eigenvalue weighted by molar-refractivity contribution is -0.384. The molecule has 1 N–H and O–H groups in total. The maximum Gasteiger partial charge on any atom is 0.271 e. The van der Waals surface area contributed by atoms with Crippen LogP contribution in [0.5, 0.6) is 17.2 Å². The van der Waals surface area contributed by atoms with Crippen LogP contribution in [0.4, 0.5) is 11.4 Å². The molecule has 0 aliphatic rings. The molecular formula is C18H20N2O6. The van der Waals surface area contributed by atoms with Gasteiger partial charge in [-0.25, -0.2) is 0 Å². The zero-order valence-electron chi connectivity index (χ0n) is 14.6. The fraction of sp³-hybridized carbons (Fsp3) is 0.278. The lowest BCUT2D eigenvalue weighted by Gasteiger charge is -2.11. The van der Waals surface area contributed by atoms with Gasteiger partial charge in [-0.15, -0.1) is 0 Å². The van der Waals surface area contributed by atoms with Crippen molar-refractivity contribution in [3.8, 4) is 17.2 Å². The second-order valence-corrected chi connectivity index (χ2v) is 5.29.